The summed E-state index contributed by atoms with van der Waals surface area (Å²) < 4.78 is 6.02. The van der Waals surface area contributed by atoms with Crippen molar-refractivity contribution in [1.29, 1.82) is 0 Å². The molecule has 0 heterocycles. The van der Waals surface area contributed by atoms with Crippen molar-refractivity contribution in [1.82, 2.24) is 0 Å². The molecule has 0 bridgehead atoms. The third-order valence-corrected chi connectivity index (χ3v) is 3.52. The van der Waals surface area contributed by atoms with Gasteiger partial charge in [-0.25, -0.2) is 0 Å². The summed E-state index contributed by atoms with van der Waals surface area (Å²) in [4.78, 5) is 21.5. The summed E-state index contributed by atoms with van der Waals surface area (Å²) in [5.74, 6) is -0.333. The number of nitro groups is 1. The molecular formula is C13H18BrN3O4. The number of hydrogen-bond donors (Lipinski definition) is 2. The highest BCUT2D eigenvalue weighted by Gasteiger charge is 2.24. The molecule has 21 heavy (non-hydrogen) atoms. The third kappa shape index (κ3) is 5.31. The molecular weight excluding hydrogens is 342 g/mol. The molecule has 1 rings (SSSR count). The van der Waals surface area contributed by atoms with Crippen molar-refractivity contribution in [2.45, 2.75) is 31.7 Å². The van der Waals surface area contributed by atoms with Crippen molar-refractivity contribution in [2.75, 3.05) is 6.61 Å². The van der Waals surface area contributed by atoms with Gasteiger partial charge < -0.3 is 16.2 Å². The van der Waals surface area contributed by atoms with E-state index in [0.717, 1.165) is 0 Å². The number of rotatable bonds is 8. The molecule has 116 valence electrons. The first-order valence-electron chi connectivity index (χ1n) is 6.39. The molecule has 0 spiro atoms. The zero-order valence-corrected chi connectivity index (χ0v) is 13.3. The van der Waals surface area contributed by atoms with Gasteiger partial charge in [0.25, 0.3) is 0 Å². The summed E-state index contributed by atoms with van der Waals surface area (Å²) in [6.07, 6.45) is 1.70. The standard InChI is InChI=1S/C13H18BrN3O4/c1-13(16,12(15)18)6-2-3-7-21-11-5-4-9(14)8-10(11)17(19)20/h4-5,8H,2-3,6-7,16H2,1H3,(H2,15,18). The van der Waals surface area contributed by atoms with Gasteiger partial charge in [0.05, 0.1) is 17.1 Å². The van der Waals surface area contributed by atoms with E-state index in [1.54, 1.807) is 19.1 Å². The summed E-state index contributed by atoms with van der Waals surface area (Å²) in [7, 11) is 0. The first kappa shape index (κ1) is 17.4. The highest BCUT2D eigenvalue weighted by Crippen LogP contribution is 2.30. The molecule has 0 fully saturated rings. The number of hydrogen-bond acceptors (Lipinski definition) is 5. The number of amides is 1. The van der Waals surface area contributed by atoms with Crippen LogP contribution in [0.2, 0.25) is 0 Å². The van der Waals surface area contributed by atoms with E-state index in [4.69, 9.17) is 16.2 Å². The van der Waals surface area contributed by atoms with Crippen molar-refractivity contribution in [3.05, 3.63) is 32.8 Å². The number of benzene rings is 1. The summed E-state index contributed by atoms with van der Waals surface area (Å²) in [5, 5.41) is 10.9. The average molecular weight is 360 g/mol. The van der Waals surface area contributed by atoms with Crippen molar-refractivity contribution < 1.29 is 14.5 Å². The smallest absolute Gasteiger partial charge is 0.312 e. The summed E-state index contributed by atoms with van der Waals surface area (Å²) >= 11 is 3.18. The molecule has 1 amide bonds. The Hall–Kier alpha value is -1.67. The lowest BCUT2D eigenvalue weighted by molar-refractivity contribution is -0.385. The molecule has 0 aliphatic carbocycles. The zero-order chi connectivity index (χ0) is 16.0. The van der Waals surface area contributed by atoms with E-state index in [-0.39, 0.29) is 11.4 Å². The van der Waals surface area contributed by atoms with Gasteiger partial charge in [-0.15, -0.1) is 0 Å². The van der Waals surface area contributed by atoms with E-state index in [2.05, 4.69) is 15.9 Å². The van der Waals surface area contributed by atoms with Crippen LogP contribution in [0.1, 0.15) is 26.2 Å². The number of primary amides is 1. The molecule has 0 saturated heterocycles. The minimum atomic E-state index is -1.04. The van der Waals surface area contributed by atoms with Crippen LogP contribution in [0.3, 0.4) is 0 Å². The number of unbranched alkanes of at least 4 members (excludes halogenated alkanes) is 1. The van der Waals surface area contributed by atoms with Crippen molar-refractivity contribution in [2.24, 2.45) is 11.5 Å². The lowest BCUT2D eigenvalue weighted by atomic mass is 9.96. The van der Waals surface area contributed by atoms with Gasteiger partial charge in [0, 0.05) is 10.5 Å². The molecule has 1 aromatic rings. The maximum atomic E-state index is 11.0. The molecule has 0 radical (unpaired) electrons. The summed E-state index contributed by atoms with van der Waals surface area (Å²) in [6, 6.07) is 4.60. The fourth-order valence-corrected chi connectivity index (χ4v) is 2.00. The van der Waals surface area contributed by atoms with Crippen LogP contribution in [0, 0.1) is 10.1 Å². The van der Waals surface area contributed by atoms with Gasteiger partial charge in [0.1, 0.15) is 0 Å². The Morgan fingerprint density at radius 1 is 1.48 bits per heavy atom. The topological polar surface area (TPSA) is 121 Å². The summed E-state index contributed by atoms with van der Waals surface area (Å²) in [6.45, 7) is 1.88. The predicted octanol–water partition coefficient (Wildman–Crippen LogP) is 2.11. The van der Waals surface area contributed by atoms with Crippen LogP contribution in [-0.2, 0) is 4.79 Å². The third-order valence-electron chi connectivity index (χ3n) is 3.03. The van der Waals surface area contributed by atoms with E-state index in [9.17, 15) is 14.9 Å². The van der Waals surface area contributed by atoms with E-state index >= 15 is 0 Å². The first-order valence-corrected chi connectivity index (χ1v) is 7.19. The van der Waals surface area contributed by atoms with Crippen LogP contribution in [0.25, 0.3) is 0 Å². The highest BCUT2D eigenvalue weighted by atomic mass is 79.9. The van der Waals surface area contributed by atoms with E-state index < -0.39 is 16.4 Å². The number of nitro benzene ring substituents is 1. The second kappa shape index (κ2) is 7.37. The van der Waals surface area contributed by atoms with E-state index in [1.807, 2.05) is 0 Å². The second-order valence-corrected chi connectivity index (χ2v) is 5.87. The molecule has 1 unspecified atom stereocenters. The minimum Gasteiger partial charge on any atom is -0.487 e. The van der Waals surface area contributed by atoms with Gasteiger partial charge in [-0.05, 0) is 38.3 Å². The molecule has 7 nitrogen and oxygen atoms in total. The maximum absolute atomic E-state index is 11.0. The van der Waals surface area contributed by atoms with Crippen LogP contribution in [0.5, 0.6) is 5.75 Å². The molecule has 0 saturated carbocycles. The van der Waals surface area contributed by atoms with Gasteiger partial charge in [0.15, 0.2) is 5.75 Å². The molecule has 1 atom stereocenters. The second-order valence-electron chi connectivity index (χ2n) is 4.96. The fourth-order valence-electron chi connectivity index (χ4n) is 1.65. The van der Waals surface area contributed by atoms with Gasteiger partial charge >= 0.3 is 5.69 Å². The number of carbonyl (C=O) groups is 1. The average Bonchev–Trinajstić information content (AvgIpc) is 2.39. The Labute approximate surface area is 130 Å². The van der Waals surface area contributed by atoms with Crippen LogP contribution >= 0.6 is 15.9 Å². The van der Waals surface area contributed by atoms with Crippen molar-refractivity contribution >= 4 is 27.5 Å². The Morgan fingerprint density at radius 2 is 2.14 bits per heavy atom. The van der Waals surface area contributed by atoms with Crippen LogP contribution < -0.4 is 16.2 Å². The van der Waals surface area contributed by atoms with Gasteiger partial charge in [-0.3, -0.25) is 14.9 Å². The van der Waals surface area contributed by atoms with Crippen molar-refractivity contribution in [3.63, 3.8) is 0 Å². The number of nitrogens with zero attached hydrogens (tertiary/aromatic N) is 1. The Morgan fingerprint density at radius 3 is 2.71 bits per heavy atom. The Bertz CT molecular complexity index is 534. The number of halogens is 1. The van der Waals surface area contributed by atoms with Crippen molar-refractivity contribution in [3.8, 4) is 5.75 Å². The maximum Gasteiger partial charge on any atom is 0.312 e. The number of carbonyl (C=O) groups excluding carboxylic acids is 1. The number of nitrogens with two attached hydrogens (primary N) is 2. The largest absolute Gasteiger partial charge is 0.487 e. The summed E-state index contributed by atoms with van der Waals surface area (Å²) in [5.41, 5.74) is 9.76. The zero-order valence-electron chi connectivity index (χ0n) is 11.7. The monoisotopic (exact) mass is 359 g/mol. The Kier molecular flexibility index (Phi) is 6.10. The quantitative estimate of drug-likeness (QED) is 0.418. The molecule has 0 aliphatic rings. The Balaban J connectivity index is 2.47. The molecule has 1 aromatic carbocycles. The lowest BCUT2D eigenvalue weighted by Crippen LogP contribution is -2.49. The lowest BCUT2D eigenvalue weighted by Gasteiger charge is -2.19. The molecule has 4 N–H and O–H groups in total. The van der Waals surface area contributed by atoms with Crippen LogP contribution in [0.4, 0.5) is 5.69 Å². The minimum absolute atomic E-state index is 0.0924. The van der Waals surface area contributed by atoms with E-state index in [0.29, 0.717) is 30.3 Å². The van der Waals surface area contributed by atoms with E-state index in [1.165, 1.54) is 6.07 Å². The highest BCUT2D eigenvalue weighted by molar-refractivity contribution is 9.10. The van der Waals surface area contributed by atoms with Crippen LogP contribution in [-0.4, -0.2) is 23.0 Å². The van der Waals surface area contributed by atoms with Gasteiger partial charge in [0.2, 0.25) is 5.91 Å². The van der Waals surface area contributed by atoms with Gasteiger partial charge in [-0.2, -0.15) is 0 Å². The molecule has 8 heteroatoms. The SMILES string of the molecule is CC(N)(CCCCOc1ccc(Br)cc1[N+](=O)[O-])C(N)=O. The number of ether oxygens (including phenoxy) is 1. The van der Waals surface area contributed by atoms with Crippen LogP contribution in [0.15, 0.2) is 22.7 Å². The normalized spacial score (nSPS) is 13.5. The predicted molar refractivity (Wildman–Crippen MR) is 81.9 cm³/mol. The molecule has 0 aliphatic heterocycles. The first-order chi connectivity index (χ1) is 9.74. The van der Waals surface area contributed by atoms with Gasteiger partial charge in [-0.1, -0.05) is 15.9 Å². The fraction of sp³-hybridized carbons (Fsp3) is 0.462. The molecule has 0 aromatic heterocycles.